The molecule has 0 aliphatic carbocycles. The molecule has 0 spiro atoms. The predicted octanol–water partition coefficient (Wildman–Crippen LogP) is 3.91. The zero-order valence-corrected chi connectivity index (χ0v) is 15.8. The third-order valence-electron chi connectivity index (χ3n) is 5.51. The van der Waals surface area contributed by atoms with E-state index in [1.165, 1.54) is 37.8 Å². The number of hydrogen-bond donors (Lipinski definition) is 1. The molecule has 1 aliphatic rings. The Bertz CT molecular complexity index is 1080. The van der Waals surface area contributed by atoms with Crippen LogP contribution in [0.4, 0.5) is 0 Å². The van der Waals surface area contributed by atoms with E-state index in [1.54, 1.807) is 6.20 Å². The van der Waals surface area contributed by atoms with Gasteiger partial charge in [0, 0.05) is 29.9 Å². The minimum Gasteiger partial charge on any atom is -0.345 e. The molecule has 0 radical (unpaired) electrons. The van der Waals surface area contributed by atoms with E-state index in [9.17, 15) is 0 Å². The Morgan fingerprint density at radius 1 is 1.18 bits per heavy atom. The summed E-state index contributed by atoms with van der Waals surface area (Å²) in [7, 11) is 0. The molecule has 7 heteroatoms. The Morgan fingerprint density at radius 3 is 2.82 bits per heavy atom. The monoisotopic (exact) mass is 374 g/mol. The number of hydrogen-bond acceptors (Lipinski definition) is 6. The predicted molar refractivity (Wildman–Crippen MR) is 106 cm³/mol. The van der Waals surface area contributed by atoms with Crippen LogP contribution in [0.1, 0.15) is 25.3 Å². The molecule has 0 bridgehead atoms. The van der Waals surface area contributed by atoms with E-state index in [1.807, 2.05) is 6.20 Å². The quantitative estimate of drug-likeness (QED) is 0.583. The van der Waals surface area contributed by atoms with Crippen molar-refractivity contribution < 1.29 is 4.52 Å². The molecule has 4 heterocycles. The number of piperidine rings is 1. The molecule has 1 N–H and O–H groups in total. The van der Waals surface area contributed by atoms with Crippen LogP contribution in [0.25, 0.3) is 33.9 Å². The Morgan fingerprint density at radius 2 is 2.00 bits per heavy atom. The lowest BCUT2D eigenvalue weighted by Gasteiger charge is -2.30. The van der Waals surface area contributed by atoms with Gasteiger partial charge in [0.2, 0.25) is 5.82 Å². The van der Waals surface area contributed by atoms with Gasteiger partial charge in [0.25, 0.3) is 5.89 Å². The van der Waals surface area contributed by atoms with Crippen LogP contribution in [0.5, 0.6) is 0 Å². The highest BCUT2D eigenvalue weighted by Gasteiger charge is 2.17. The van der Waals surface area contributed by atoms with Gasteiger partial charge in [-0.25, -0.2) is 9.97 Å². The van der Waals surface area contributed by atoms with Crippen molar-refractivity contribution in [1.82, 2.24) is 30.0 Å². The van der Waals surface area contributed by atoms with Gasteiger partial charge in [-0.1, -0.05) is 36.3 Å². The molecule has 7 nitrogen and oxygen atoms in total. The first-order chi connectivity index (χ1) is 13.8. The van der Waals surface area contributed by atoms with Crippen molar-refractivity contribution in [2.75, 3.05) is 13.1 Å². The Hall–Kier alpha value is -3.06. The lowest BCUT2D eigenvalue weighted by atomic mass is 9.99. The molecule has 1 fully saturated rings. The highest BCUT2D eigenvalue weighted by molar-refractivity contribution is 5.90. The zero-order valence-electron chi connectivity index (χ0n) is 15.8. The Kier molecular flexibility index (Phi) is 4.37. The number of likely N-dealkylation sites (tertiary alicyclic amines) is 1. The Labute approximate surface area is 162 Å². The van der Waals surface area contributed by atoms with Crippen molar-refractivity contribution >= 4 is 11.0 Å². The van der Waals surface area contributed by atoms with Crippen molar-refractivity contribution in [2.45, 2.75) is 26.3 Å². The molecule has 4 aromatic rings. The summed E-state index contributed by atoms with van der Waals surface area (Å²) in [5, 5.41) is 5.02. The van der Waals surface area contributed by atoms with Gasteiger partial charge in [-0.15, -0.1) is 0 Å². The van der Waals surface area contributed by atoms with Gasteiger partial charge in [-0.2, -0.15) is 4.98 Å². The SMILES string of the molecule is CC1CCN(Cc2ccc(-c3noc(-c4c[nH]c5ncncc45)n3)cc2)CC1. The van der Waals surface area contributed by atoms with Gasteiger partial charge in [-0.3, -0.25) is 4.90 Å². The maximum Gasteiger partial charge on any atom is 0.260 e. The smallest absolute Gasteiger partial charge is 0.260 e. The van der Waals surface area contributed by atoms with Crippen LogP contribution in [-0.4, -0.2) is 43.1 Å². The molecule has 142 valence electrons. The van der Waals surface area contributed by atoms with Crippen LogP contribution < -0.4 is 0 Å². The summed E-state index contributed by atoms with van der Waals surface area (Å²) in [6, 6.07) is 8.44. The van der Waals surface area contributed by atoms with Crippen LogP contribution in [0, 0.1) is 5.92 Å². The average Bonchev–Trinajstić information content (AvgIpc) is 3.37. The molecule has 3 aromatic heterocycles. The first kappa shape index (κ1) is 17.1. The fourth-order valence-electron chi connectivity index (χ4n) is 3.72. The van der Waals surface area contributed by atoms with Gasteiger partial charge >= 0.3 is 0 Å². The van der Waals surface area contributed by atoms with E-state index in [4.69, 9.17) is 4.52 Å². The maximum atomic E-state index is 5.49. The molecular weight excluding hydrogens is 352 g/mol. The lowest BCUT2D eigenvalue weighted by molar-refractivity contribution is 0.185. The van der Waals surface area contributed by atoms with E-state index in [0.29, 0.717) is 11.7 Å². The molecule has 0 unspecified atom stereocenters. The van der Waals surface area contributed by atoms with E-state index in [2.05, 4.69) is 61.2 Å². The van der Waals surface area contributed by atoms with Crippen molar-refractivity contribution in [3.8, 4) is 22.8 Å². The summed E-state index contributed by atoms with van der Waals surface area (Å²) in [5.74, 6) is 1.90. The maximum absolute atomic E-state index is 5.49. The summed E-state index contributed by atoms with van der Waals surface area (Å²) < 4.78 is 5.49. The van der Waals surface area contributed by atoms with E-state index in [0.717, 1.165) is 34.6 Å². The number of nitrogens with zero attached hydrogens (tertiary/aromatic N) is 5. The van der Waals surface area contributed by atoms with Crippen molar-refractivity contribution in [3.05, 3.63) is 48.5 Å². The van der Waals surface area contributed by atoms with Crippen molar-refractivity contribution in [2.24, 2.45) is 5.92 Å². The van der Waals surface area contributed by atoms with Gasteiger partial charge in [0.05, 0.1) is 5.56 Å². The standard InChI is InChI=1S/C21H22N6O/c1-14-6-8-27(9-7-14)12-15-2-4-16(5-3-15)19-25-21(28-26-19)18-11-23-20-17(18)10-22-13-24-20/h2-5,10-11,13-14H,6-9,12H2,1H3,(H,22,23,24). The summed E-state index contributed by atoms with van der Waals surface area (Å²) >= 11 is 0. The third-order valence-corrected chi connectivity index (χ3v) is 5.51. The second-order valence-corrected chi connectivity index (χ2v) is 7.57. The molecule has 28 heavy (non-hydrogen) atoms. The van der Waals surface area contributed by atoms with Gasteiger partial charge in [0.15, 0.2) is 0 Å². The molecule has 0 atom stereocenters. The first-order valence-electron chi connectivity index (χ1n) is 9.69. The second-order valence-electron chi connectivity index (χ2n) is 7.57. The van der Waals surface area contributed by atoms with Crippen LogP contribution in [-0.2, 0) is 6.54 Å². The number of fused-ring (bicyclic) bond motifs is 1. The summed E-state index contributed by atoms with van der Waals surface area (Å²) in [5.41, 5.74) is 3.82. The second kappa shape index (κ2) is 7.16. The van der Waals surface area contributed by atoms with Crippen molar-refractivity contribution in [1.29, 1.82) is 0 Å². The number of aromatic nitrogens is 5. The summed E-state index contributed by atoms with van der Waals surface area (Å²) in [6.07, 6.45) is 7.66. The average molecular weight is 374 g/mol. The number of aromatic amines is 1. The molecule has 5 rings (SSSR count). The van der Waals surface area contributed by atoms with Crippen molar-refractivity contribution in [3.63, 3.8) is 0 Å². The van der Waals surface area contributed by atoms with Gasteiger partial charge < -0.3 is 9.51 Å². The van der Waals surface area contributed by atoms with Gasteiger partial charge in [-0.05, 0) is 37.4 Å². The fourth-order valence-corrected chi connectivity index (χ4v) is 3.72. The van der Waals surface area contributed by atoms with Crippen LogP contribution in [0.15, 0.2) is 47.5 Å². The normalized spacial score (nSPS) is 16.0. The minimum atomic E-state index is 0.461. The minimum absolute atomic E-state index is 0.461. The van der Waals surface area contributed by atoms with E-state index < -0.39 is 0 Å². The topological polar surface area (TPSA) is 83.7 Å². The highest BCUT2D eigenvalue weighted by Crippen LogP contribution is 2.28. The number of nitrogens with one attached hydrogen (secondary N) is 1. The third kappa shape index (κ3) is 3.29. The largest absolute Gasteiger partial charge is 0.345 e. The fraction of sp³-hybridized carbons (Fsp3) is 0.333. The van der Waals surface area contributed by atoms with Gasteiger partial charge in [0.1, 0.15) is 12.0 Å². The van der Waals surface area contributed by atoms with E-state index in [-0.39, 0.29) is 0 Å². The summed E-state index contributed by atoms with van der Waals surface area (Å²) in [4.78, 5) is 18.5. The lowest BCUT2D eigenvalue weighted by Crippen LogP contribution is -2.32. The number of H-pyrrole nitrogens is 1. The number of rotatable bonds is 4. The van der Waals surface area contributed by atoms with Crippen LogP contribution >= 0.6 is 0 Å². The highest BCUT2D eigenvalue weighted by atomic mass is 16.5. The number of benzene rings is 1. The molecule has 1 aromatic carbocycles. The molecule has 0 saturated carbocycles. The molecular formula is C21H22N6O. The molecule has 1 aliphatic heterocycles. The molecule has 0 amide bonds. The Balaban J connectivity index is 1.33. The summed E-state index contributed by atoms with van der Waals surface area (Å²) in [6.45, 7) is 5.71. The molecule has 1 saturated heterocycles. The first-order valence-corrected chi connectivity index (χ1v) is 9.69. The van der Waals surface area contributed by atoms with E-state index >= 15 is 0 Å². The van der Waals surface area contributed by atoms with Crippen LogP contribution in [0.2, 0.25) is 0 Å². The van der Waals surface area contributed by atoms with Crippen LogP contribution in [0.3, 0.4) is 0 Å². The zero-order chi connectivity index (χ0) is 18.9.